The third-order valence-corrected chi connectivity index (χ3v) is 4.76. The maximum absolute atomic E-state index is 4.78. The van der Waals surface area contributed by atoms with E-state index in [0.717, 1.165) is 0 Å². The summed E-state index contributed by atoms with van der Waals surface area (Å²) in [5.41, 5.74) is 1.48. The number of likely N-dealkylation sites (tertiary alicyclic amines) is 1. The Bertz CT molecular complexity index is 410. The highest BCUT2D eigenvalue weighted by Crippen LogP contribution is 2.32. The van der Waals surface area contributed by atoms with Crippen molar-refractivity contribution in [2.75, 3.05) is 19.6 Å². The van der Waals surface area contributed by atoms with Gasteiger partial charge in [0.1, 0.15) is 5.82 Å². The summed E-state index contributed by atoms with van der Waals surface area (Å²) in [7, 11) is 0. The monoisotopic (exact) mass is 247 g/mol. The lowest BCUT2D eigenvalue weighted by molar-refractivity contribution is 0.210. The molecule has 0 N–H and O–H groups in total. The zero-order valence-electron chi connectivity index (χ0n) is 11.7. The van der Waals surface area contributed by atoms with Crippen LogP contribution in [0, 0.1) is 0 Å². The molecule has 2 aliphatic rings. The fourth-order valence-corrected chi connectivity index (χ4v) is 3.62. The van der Waals surface area contributed by atoms with E-state index in [1.54, 1.807) is 0 Å². The summed E-state index contributed by atoms with van der Waals surface area (Å²) in [6.07, 6.45) is 7.44. The minimum Gasteiger partial charge on any atom is -0.332 e. The first-order chi connectivity index (χ1) is 8.79. The molecule has 0 amide bonds. The highest BCUT2D eigenvalue weighted by molar-refractivity contribution is 5.16. The van der Waals surface area contributed by atoms with E-state index in [2.05, 4.69) is 29.5 Å². The molecular weight excluding hydrogens is 222 g/mol. The molecule has 3 heterocycles. The van der Waals surface area contributed by atoms with Gasteiger partial charge in [0.25, 0.3) is 0 Å². The highest BCUT2D eigenvalue weighted by Gasteiger charge is 2.27. The van der Waals surface area contributed by atoms with Gasteiger partial charge in [0, 0.05) is 30.9 Å². The van der Waals surface area contributed by atoms with Crippen molar-refractivity contribution < 1.29 is 0 Å². The number of piperidine rings is 1. The minimum absolute atomic E-state index is 0.665. The van der Waals surface area contributed by atoms with Gasteiger partial charge in [0.05, 0.1) is 0 Å². The lowest BCUT2D eigenvalue weighted by atomic mass is 9.95. The lowest BCUT2D eigenvalue weighted by Crippen LogP contribution is -2.35. The molecular formula is C15H25N3. The quantitative estimate of drug-likeness (QED) is 0.801. The summed E-state index contributed by atoms with van der Waals surface area (Å²) in [5.74, 6) is 2.73. The van der Waals surface area contributed by atoms with Crippen molar-refractivity contribution in [2.24, 2.45) is 0 Å². The molecule has 2 unspecified atom stereocenters. The van der Waals surface area contributed by atoms with Crippen molar-refractivity contribution in [3.05, 3.63) is 17.7 Å². The van der Waals surface area contributed by atoms with E-state index in [0.29, 0.717) is 11.8 Å². The standard InChI is InChI=1S/C15H25N3/c1-3-17-8-5-7-13(11-17)15-16-10-14-12(2)6-4-9-18(14)15/h10,12-13H,3-9,11H2,1-2H3. The van der Waals surface area contributed by atoms with Crippen LogP contribution in [0.2, 0.25) is 0 Å². The first kappa shape index (κ1) is 12.2. The van der Waals surface area contributed by atoms with Crippen LogP contribution in [0.25, 0.3) is 0 Å². The predicted octanol–water partition coefficient (Wildman–Crippen LogP) is 2.98. The number of rotatable bonds is 2. The number of likely N-dealkylation sites (N-methyl/N-ethyl adjacent to an activating group) is 1. The normalized spacial score (nSPS) is 29.2. The van der Waals surface area contributed by atoms with Gasteiger partial charge in [-0.15, -0.1) is 0 Å². The number of hydrogen-bond acceptors (Lipinski definition) is 2. The third kappa shape index (κ3) is 2.09. The average Bonchev–Trinajstić information content (AvgIpc) is 2.84. The van der Waals surface area contributed by atoms with E-state index in [9.17, 15) is 0 Å². The second-order valence-corrected chi connectivity index (χ2v) is 5.97. The second kappa shape index (κ2) is 5.04. The summed E-state index contributed by atoms with van der Waals surface area (Å²) in [6.45, 7) is 9.47. The molecule has 0 aromatic carbocycles. The van der Waals surface area contributed by atoms with Gasteiger partial charge >= 0.3 is 0 Å². The van der Waals surface area contributed by atoms with E-state index in [4.69, 9.17) is 4.98 Å². The Balaban J connectivity index is 1.84. The fraction of sp³-hybridized carbons (Fsp3) is 0.800. The lowest BCUT2D eigenvalue weighted by Gasteiger charge is -2.32. The molecule has 1 saturated heterocycles. The zero-order chi connectivity index (χ0) is 12.5. The van der Waals surface area contributed by atoms with Crippen molar-refractivity contribution in [2.45, 2.75) is 57.9 Å². The van der Waals surface area contributed by atoms with Crippen LogP contribution >= 0.6 is 0 Å². The molecule has 0 radical (unpaired) electrons. The van der Waals surface area contributed by atoms with E-state index in [1.165, 1.54) is 63.4 Å². The van der Waals surface area contributed by atoms with Crippen LogP contribution in [0.4, 0.5) is 0 Å². The maximum atomic E-state index is 4.78. The number of hydrogen-bond donors (Lipinski definition) is 0. The highest BCUT2D eigenvalue weighted by atomic mass is 15.2. The smallest absolute Gasteiger partial charge is 0.113 e. The molecule has 2 atom stereocenters. The van der Waals surface area contributed by atoms with Gasteiger partial charge in [0.2, 0.25) is 0 Å². The Morgan fingerprint density at radius 3 is 2.94 bits per heavy atom. The van der Waals surface area contributed by atoms with Crippen molar-refractivity contribution in [3.8, 4) is 0 Å². The number of aromatic nitrogens is 2. The SMILES string of the molecule is CCN1CCCC(c2ncc3n2CCCC3C)C1. The summed E-state index contributed by atoms with van der Waals surface area (Å²) < 4.78 is 2.53. The largest absolute Gasteiger partial charge is 0.332 e. The number of fused-ring (bicyclic) bond motifs is 1. The molecule has 1 fully saturated rings. The van der Waals surface area contributed by atoms with Gasteiger partial charge in [-0.2, -0.15) is 0 Å². The van der Waals surface area contributed by atoms with Crippen molar-refractivity contribution in [1.29, 1.82) is 0 Å². The Morgan fingerprint density at radius 1 is 1.28 bits per heavy atom. The molecule has 1 aromatic heterocycles. The van der Waals surface area contributed by atoms with Gasteiger partial charge in [-0.05, 0) is 44.7 Å². The van der Waals surface area contributed by atoms with Crippen LogP contribution in [0.1, 0.15) is 62.9 Å². The van der Waals surface area contributed by atoms with Crippen LogP contribution in [-0.2, 0) is 6.54 Å². The third-order valence-electron chi connectivity index (χ3n) is 4.76. The van der Waals surface area contributed by atoms with Crippen molar-refractivity contribution >= 4 is 0 Å². The molecule has 0 bridgehead atoms. The number of nitrogens with zero attached hydrogens (tertiary/aromatic N) is 3. The Kier molecular flexibility index (Phi) is 3.42. The van der Waals surface area contributed by atoms with Crippen LogP contribution in [0.3, 0.4) is 0 Å². The Morgan fingerprint density at radius 2 is 2.11 bits per heavy atom. The Hall–Kier alpha value is -0.830. The van der Waals surface area contributed by atoms with Gasteiger partial charge in [-0.1, -0.05) is 13.8 Å². The van der Waals surface area contributed by atoms with E-state index in [-0.39, 0.29) is 0 Å². The summed E-state index contributed by atoms with van der Waals surface area (Å²) >= 11 is 0. The molecule has 100 valence electrons. The maximum Gasteiger partial charge on any atom is 0.113 e. The van der Waals surface area contributed by atoms with Crippen molar-refractivity contribution in [1.82, 2.24) is 14.5 Å². The molecule has 0 spiro atoms. The molecule has 3 rings (SSSR count). The van der Waals surface area contributed by atoms with E-state index < -0.39 is 0 Å². The van der Waals surface area contributed by atoms with Gasteiger partial charge < -0.3 is 9.47 Å². The average molecular weight is 247 g/mol. The molecule has 3 nitrogen and oxygen atoms in total. The number of imidazole rings is 1. The molecule has 18 heavy (non-hydrogen) atoms. The van der Waals surface area contributed by atoms with Crippen molar-refractivity contribution in [3.63, 3.8) is 0 Å². The molecule has 0 saturated carbocycles. The summed E-state index contributed by atoms with van der Waals surface area (Å²) in [5, 5.41) is 0. The summed E-state index contributed by atoms with van der Waals surface area (Å²) in [6, 6.07) is 0. The second-order valence-electron chi connectivity index (χ2n) is 5.97. The predicted molar refractivity (Wildman–Crippen MR) is 74.0 cm³/mol. The summed E-state index contributed by atoms with van der Waals surface area (Å²) in [4.78, 5) is 7.35. The van der Waals surface area contributed by atoms with E-state index >= 15 is 0 Å². The zero-order valence-corrected chi connectivity index (χ0v) is 11.7. The topological polar surface area (TPSA) is 21.1 Å². The first-order valence-electron chi connectivity index (χ1n) is 7.57. The van der Waals surface area contributed by atoms with Crippen LogP contribution < -0.4 is 0 Å². The van der Waals surface area contributed by atoms with Crippen LogP contribution in [0.5, 0.6) is 0 Å². The fourth-order valence-electron chi connectivity index (χ4n) is 3.62. The first-order valence-corrected chi connectivity index (χ1v) is 7.57. The minimum atomic E-state index is 0.665. The molecule has 1 aromatic rings. The molecule has 3 heteroatoms. The van der Waals surface area contributed by atoms with E-state index in [1.807, 2.05) is 0 Å². The van der Waals surface area contributed by atoms with Gasteiger partial charge in [0.15, 0.2) is 0 Å². The molecule has 2 aliphatic heterocycles. The Labute approximate surface area is 110 Å². The van der Waals surface area contributed by atoms with Gasteiger partial charge in [-0.25, -0.2) is 4.98 Å². The van der Waals surface area contributed by atoms with Crippen LogP contribution in [0.15, 0.2) is 6.20 Å². The van der Waals surface area contributed by atoms with Gasteiger partial charge in [-0.3, -0.25) is 0 Å². The van der Waals surface area contributed by atoms with Crippen LogP contribution in [-0.4, -0.2) is 34.1 Å². The molecule has 0 aliphatic carbocycles.